The lowest BCUT2D eigenvalue weighted by Crippen LogP contribution is -2.16. The Morgan fingerprint density at radius 1 is 1.41 bits per heavy atom. The lowest BCUT2D eigenvalue weighted by Gasteiger charge is -2.19. The molecule has 2 aromatic rings. The van der Waals surface area contributed by atoms with E-state index in [4.69, 9.17) is 0 Å². The molecule has 8 heteroatoms. The van der Waals surface area contributed by atoms with Crippen LogP contribution in [0.15, 0.2) is 34.1 Å². The molecule has 22 heavy (non-hydrogen) atoms. The van der Waals surface area contributed by atoms with E-state index in [-0.39, 0.29) is 11.3 Å². The maximum atomic E-state index is 11.7. The van der Waals surface area contributed by atoms with Crippen LogP contribution in [0, 0.1) is 10.1 Å². The number of methoxy groups -OCH3 is 1. The summed E-state index contributed by atoms with van der Waals surface area (Å²) in [5.41, 5.74) is 0.391. The van der Waals surface area contributed by atoms with Crippen LogP contribution in [-0.4, -0.2) is 25.1 Å². The van der Waals surface area contributed by atoms with E-state index in [0.717, 1.165) is 8.66 Å². The zero-order valence-electron chi connectivity index (χ0n) is 11.9. The number of carbonyl (C=O) groups excluding carboxylic acids is 1. The van der Waals surface area contributed by atoms with Crippen molar-refractivity contribution in [1.29, 1.82) is 0 Å². The van der Waals surface area contributed by atoms with Gasteiger partial charge in [0.05, 0.1) is 22.4 Å². The van der Waals surface area contributed by atoms with Crippen LogP contribution in [0.5, 0.6) is 0 Å². The highest BCUT2D eigenvalue weighted by atomic mass is 79.9. The van der Waals surface area contributed by atoms with Crippen molar-refractivity contribution in [3.63, 3.8) is 0 Å². The number of ether oxygens (including phenoxy) is 1. The molecule has 0 bridgehead atoms. The van der Waals surface area contributed by atoms with Crippen LogP contribution in [0.3, 0.4) is 0 Å². The van der Waals surface area contributed by atoms with Crippen LogP contribution >= 0.6 is 27.3 Å². The van der Waals surface area contributed by atoms with Crippen molar-refractivity contribution in [2.24, 2.45) is 0 Å². The molecule has 0 saturated heterocycles. The SMILES string of the molecule is COC(=O)c1cc(N(C)Cc2ccc(Br)s2)ccc1[N+](=O)[O-]. The molecule has 0 spiro atoms. The molecule has 1 heterocycles. The summed E-state index contributed by atoms with van der Waals surface area (Å²) in [7, 11) is 3.06. The first-order valence-corrected chi connectivity index (χ1v) is 7.85. The van der Waals surface area contributed by atoms with Gasteiger partial charge in [-0.2, -0.15) is 0 Å². The van der Waals surface area contributed by atoms with Crippen molar-refractivity contribution < 1.29 is 14.5 Å². The van der Waals surface area contributed by atoms with Gasteiger partial charge < -0.3 is 9.64 Å². The van der Waals surface area contributed by atoms with Crippen LogP contribution in [0.4, 0.5) is 11.4 Å². The van der Waals surface area contributed by atoms with Crippen molar-refractivity contribution in [3.8, 4) is 0 Å². The van der Waals surface area contributed by atoms with Crippen LogP contribution in [0.1, 0.15) is 15.2 Å². The van der Waals surface area contributed by atoms with E-state index in [0.29, 0.717) is 12.2 Å². The van der Waals surface area contributed by atoms with Gasteiger partial charge in [-0.15, -0.1) is 11.3 Å². The Balaban J connectivity index is 2.31. The van der Waals surface area contributed by atoms with Gasteiger partial charge in [-0.05, 0) is 40.2 Å². The fourth-order valence-corrected chi connectivity index (χ4v) is 3.49. The average Bonchev–Trinajstić information content (AvgIpc) is 2.90. The molecule has 0 unspecified atom stereocenters. The molecule has 0 amide bonds. The van der Waals surface area contributed by atoms with Crippen LogP contribution in [0.2, 0.25) is 0 Å². The van der Waals surface area contributed by atoms with Crippen LogP contribution in [-0.2, 0) is 11.3 Å². The normalized spacial score (nSPS) is 10.3. The first-order valence-electron chi connectivity index (χ1n) is 6.24. The van der Waals surface area contributed by atoms with E-state index in [1.54, 1.807) is 17.4 Å². The summed E-state index contributed by atoms with van der Waals surface area (Å²) in [6.07, 6.45) is 0. The zero-order valence-corrected chi connectivity index (χ0v) is 14.3. The highest BCUT2D eigenvalue weighted by molar-refractivity contribution is 9.11. The van der Waals surface area contributed by atoms with E-state index in [9.17, 15) is 14.9 Å². The highest BCUT2D eigenvalue weighted by Crippen LogP contribution is 2.28. The summed E-state index contributed by atoms with van der Waals surface area (Å²) in [4.78, 5) is 25.2. The third-order valence-corrected chi connectivity index (χ3v) is 4.65. The third kappa shape index (κ3) is 3.63. The molecule has 1 aromatic heterocycles. The molecule has 0 fully saturated rings. The van der Waals surface area contributed by atoms with Crippen molar-refractivity contribution in [2.45, 2.75) is 6.54 Å². The van der Waals surface area contributed by atoms with Gasteiger partial charge in [0.25, 0.3) is 5.69 Å². The van der Waals surface area contributed by atoms with Crippen molar-refractivity contribution >= 4 is 44.6 Å². The largest absolute Gasteiger partial charge is 0.465 e. The van der Waals surface area contributed by atoms with E-state index < -0.39 is 10.9 Å². The lowest BCUT2D eigenvalue weighted by atomic mass is 10.1. The summed E-state index contributed by atoms with van der Waals surface area (Å²) in [6, 6.07) is 8.38. The number of benzene rings is 1. The molecule has 0 atom stereocenters. The van der Waals surface area contributed by atoms with E-state index in [1.807, 2.05) is 24.1 Å². The van der Waals surface area contributed by atoms with Crippen LogP contribution < -0.4 is 4.90 Å². The Labute approximate surface area is 139 Å². The van der Waals surface area contributed by atoms with Gasteiger partial charge in [-0.1, -0.05) is 0 Å². The molecule has 2 rings (SSSR count). The molecule has 0 N–H and O–H groups in total. The van der Waals surface area contributed by atoms with Gasteiger partial charge in [0, 0.05) is 23.7 Å². The van der Waals surface area contributed by atoms with E-state index in [1.165, 1.54) is 19.2 Å². The van der Waals surface area contributed by atoms with Crippen molar-refractivity contribution in [2.75, 3.05) is 19.1 Å². The molecular formula is C14H13BrN2O4S. The summed E-state index contributed by atoms with van der Waals surface area (Å²) in [5.74, 6) is -0.721. The van der Waals surface area contributed by atoms with Crippen molar-refractivity contribution in [3.05, 3.63) is 54.7 Å². The minimum atomic E-state index is -0.721. The second kappa shape index (κ2) is 6.89. The minimum Gasteiger partial charge on any atom is -0.465 e. The summed E-state index contributed by atoms with van der Waals surface area (Å²) < 4.78 is 5.65. The third-order valence-electron chi connectivity index (χ3n) is 3.04. The highest BCUT2D eigenvalue weighted by Gasteiger charge is 2.22. The number of nitrogens with zero attached hydrogens (tertiary/aromatic N) is 2. The molecule has 0 aliphatic carbocycles. The molecular weight excluding hydrogens is 372 g/mol. The molecule has 6 nitrogen and oxygen atoms in total. The minimum absolute atomic E-state index is 0.0517. The van der Waals surface area contributed by atoms with Gasteiger partial charge in [-0.25, -0.2) is 4.79 Å². The monoisotopic (exact) mass is 384 g/mol. The second-order valence-electron chi connectivity index (χ2n) is 4.51. The van der Waals surface area contributed by atoms with Crippen LogP contribution in [0.25, 0.3) is 0 Å². The second-order valence-corrected chi connectivity index (χ2v) is 7.06. The first-order chi connectivity index (χ1) is 10.4. The van der Waals surface area contributed by atoms with Gasteiger partial charge in [0.2, 0.25) is 0 Å². The average molecular weight is 385 g/mol. The van der Waals surface area contributed by atoms with Gasteiger partial charge in [0.15, 0.2) is 0 Å². The number of nitro groups is 1. The molecule has 0 radical (unpaired) electrons. The zero-order chi connectivity index (χ0) is 16.3. The lowest BCUT2D eigenvalue weighted by molar-refractivity contribution is -0.385. The Bertz CT molecular complexity index is 717. The number of hydrogen-bond acceptors (Lipinski definition) is 6. The quantitative estimate of drug-likeness (QED) is 0.444. The first kappa shape index (κ1) is 16.4. The summed E-state index contributed by atoms with van der Waals surface area (Å²) in [5, 5.41) is 11.0. The Kier molecular flexibility index (Phi) is 5.15. The van der Waals surface area contributed by atoms with E-state index >= 15 is 0 Å². The molecule has 0 aliphatic heterocycles. The topological polar surface area (TPSA) is 72.7 Å². The Morgan fingerprint density at radius 3 is 2.68 bits per heavy atom. The molecule has 0 saturated carbocycles. The standard InChI is InChI=1S/C14H13BrN2O4S/c1-16(8-10-4-6-13(15)22-10)9-3-5-12(17(19)20)11(7-9)14(18)21-2/h3-7H,8H2,1-2H3. The number of nitro benzene ring substituents is 1. The molecule has 0 aliphatic rings. The summed E-state index contributed by atoms with van der Waals surface area (Å²) >= 11 is 5.02. The Hall–Kier alpha value is -1.93. The number of esters is 1. The number of thiophene rings is 1. The summed E-state index contributed by atoms with van der Waals surface area (Å²) in [6.45, 7) is 0.634. The van der Waals surface area contributed by atoms with Gasteiger partial charge >= 0.3 is 5.97 Å². The fourth-order valence-electron chi connectivity index (χ4n) is 1.96. The number of anilines is 1. The predicted molar refractivity (Wildman–Crippen MR) is 88.6 cm³/mol. The maximum absolute atomic E-state index is 11.7. The number of rotatable bonds is 5. The predicted octanol–water partition coefficient (Wildman–Crippen LogP) is 3.84. The number of halogens is 1. The Morgan fingerprint density at radius 2 is 2.14 bits per heavy atom. The van der Waals surface area contributed by atoms with Crippen molar-refractivity contribution in [1.82, 2.24) is 0 Å². The number of hydrogen-bond donors (Lipinski definition) is 0. The smallest absolute Gasteiger partial charge is 0.344 e. The fraction of sp³-hybridized carbons (Fsp3) is 0.214. The molecule has 116 valence electrons. The number of carbonyl (C=O) groups is 1. The van der Waals surface area contributed by atoms with E-state index in [2.05, 4.69) is 20.7 Å². The molecule has 1 aromatic carbocycles. The van der Waals surface area contributed by atoms with Gasteiger partial charge in [0.1, 0.15) is 5.56 Å². The maximum Gasteiger partial charge on any atom is 0.344 e. The van der Waals surface area contributed by atoms with Gasteiger partial charge in [-0.3, -0.25) is 10.1 Å².